The van der Waals surface area contributed by atoms with E-state index in [0.717, 1.165) is 26.0 Å². The zero-order chi connectivity index (χ0) is 22.0. The number of hydrogen-bond donors (Lipinski definition) is 4. The van der Waals surface area contributed by atoms with Gasteiger partial charge in [0.25, 0.3) is 0 Å². The van der Waals surface area contributed by atoms with Gasteiger partial charge in [0, 0.05) is 31.2 Å². The van der Waals surface area contributed by atoms with Crippen molar-refractivity contribution in [2.75, 3.05) is 33.3 Å². The Balaban J connectivity index is 1.38. The average Bonchev–Trinajstić information content (AvgIpc) is 3.05. The van der Waals surface area contributed by atoms with Crippen LogP contribution in [0.25, 0.3) is 0 Å². The minimum atomic E-state index is -1.20. The maximum atomic E-state index is 6.27. The Morgan fingerprint density at radius 3 is 2.87 bits per heavy atom. The summed E-state index contributed by atoms with van der Waals surface area (Å²) in [5.74, 6) is 1.19. The Morgan fingerprint density at radius 1 is 1.23 bits per heavy atom. The van der Waals surface area contributed by atoms with E-state index in [1.165, 1.54) is 32.2 Å². The maximum Gasteiger partial charge on any atom is 0.113 e. The van der Waals surface area contributed by atoms with E-state index in [4.69, 9.17) is 28.3 Å². The molecule has 3 heterocycles. The number of likely N-dealkylation sites (N-methyl/N-ethyl adjacent to an activating group) is 1. The third-order valence-electron chi connectivity index (χ3n) is 7.40. The van der Waals surface area contributed by atoms with E-state index < -0.39 is 5.11 Å². The van der Waals surface area contributed by atoms with Gasteiger partial charge in [0.1, 0.15) is 6.29 Å². The topological polar surface area (TPSA) is 60.6 Å². The first kappa shape index (κ1) is 23.8. The van der Waals surface area contributed by atoms with Crippen LogP contribution in [0, 0.1) is 11.8 Å². The van der Waals surface area contributed by atoms with E-state index in [9.17, 15) is 0 Å². The highest BCUT2D eigenvalue weighted by Crippen LogP contribution is 2.42. The number of fused-ring (bicyclic) bond motifs is 1. The summed E-state index contributed by atoms with van der Waals surface area (Å²) in [6.07, 6.45) is 9.94. The molecule has 31 heavy (non-hydrogen) atoms. The lowest BCUT2D eigenvalue weighted by molar-refractivity contribution is 0.0176. The van der Waals surface area contributed by atoms with Crippen LogP contribution in [0.4, 0.5) is 0 Å². The summed E-state index contributed by atoms with van der Waals surface area (Å²) in [5.41, 5.74) is 1.62. The largest absolute Gasteiger partial charge is 0.377 e. The third kappa shape index (κ3) is 6.61. The Morgan fingerprint density at radius 2 is 2.06 bits per heavy atom. The van der Waals surface area contributed by atoms with Gasteiger partial charge in [0.2, 0.25) is 0 Å². The van der Waals surface area contributed by atoms with Crippen molar-refractivity contribution in [2.24, 2.45) is 11.8 Å². The molecule has 7 atom stereocenters. The fourth-order valence-electron chi connectivity index (χ4n) is 5.91. The number of ether oxygens (including phenoxy) is 1. The minimum Gasteiger partial charge on any atom is -0.377 e. The van der Waals surface area contributed by atoms with Crippen LogP contribution in [-0.2, 0) is 4.74 Å². The monoisotopic (exact) mass is 421 g/mol. The highest BCUT2D eigenvalue weighted by Gasteiger charge is 2.43. The third-order valence-corrected chi connectivity index (χ3v) is 7.40. The number of rotatable bonds is 6. The molecule has 3 aliphatic heterocycles. The molecule has 0 bridgehead atoms. The number of hydrogen-bond acceptors (Lipinski definition) is 6. The molecule has 2 saturated heterocycles. The second-order valence-electron chi connectivity index (χ2n) is 10.4. The first-order valence-corrected chi connectivity index (χ1v) is 12.1. The molecule has 6 radical (unpaired) electrons. The van der Waals surface area contributed by atoms with Crippen LogP contribution in [0.1, 0.15) is 45.4 Å². The predicted molar refractivity (Wildman–Crippen MR) is 128 cm³/mol. The van der Waals surface area contributed by atoms with Crippen molar-refractivity contribution < 1.29 is 4.74 Å². The van der Waals surface area contributed by atoms with E-state index in [1.54, 1.807) is 5.57 Å². The van der Waals surface area contributed by atoms with Gasteiger partial charge in [-0.15, -0.1) is 5.11 Å². The van der Waals surface area contributed by atoms with Crippen molar-refractivity contribution in [2.45, 2.75) is 81.2 Å². The molecule has 0 aromatic carbocycles. The molecular weight excluding hydrogens is 383 g/mol. The molecule has 1 aliphatic carbocycles. The molecule has 9 heteroatoms. The van der Waals surface area contributed by atoms with E-state index in [1.807, 2.05) is 0 Å². The van der Waals surface area contributed by atoms with Gasteiger partial charge < -0.3 is 15.0 Å². The number of nitrogens with zero attached hydrogens (tertiary/aromatic N) is 1. The van der Waals surface area contributed by atoms with Crippen LogP contribution < -0.4 is 21.3 Å². The Bertz CT molecular complexity index is 631. The Hall–Kier alpha value is -0.305. The fraction of sp³-hybridized carbons (Fsp3) is 0.909. The zero-order valence-corrected chi connectivity index (χ0v) is 19.3. The molecule has 0 aromatic rings. The smallest absolute Gasteiger partial charge is 0.113 e. The van der Waals surface area contributed by atoms with Crippen molar-refractivity contribution in [3.63, 3.8) is 0 Å². The van der Waals surface area contributed by atoms with Crippen LogP contribution in [0.3, 0.4) is 0 Å². The second-order valence-corrected chi connectivity index (χ2v) is 10.4. The molecule has 1 saturated carbocycles. The highest BCUT2D eigenvalue weighted by atomic mass is 16.5. The SMILES string of the molecule is [B]C([B])([B])CNC1CC(C)NC(NC2CC3CCOC3C(C3=CCN(C)CCC3)C2)N1. The van der Waals surface area contributed by atoms with Crippen LogP contribution in [0.15, 0.2) is 11.6 Å². The van der Waals surface area contributed by atoms with Gasteiger partial charge in [-0.2, -0.15) is 0 Å². The molecule has 166 valence electrons. The quantitative estimate of drug-likeness (QED) is 0.363. The lowest BCUT2D eigenvalue weighted by atomic mass is 9.43. The maximum absolute atomic E-state index is 6.27. The van der Waals surface area contributed by atoms with Crippen molar-refractivity contribution in [3.8, 4) is 0 Å². The second kappa shape index (κ2) is 10.3. The summed E-state index contributed by atoms with van der Waals surface area (Å²) in [4.78, 5) is 2.42. The summed E-state index contributed by atoms with van der Waals surface area (Å²) < 4.78 is 6.27. The molecule has 0 amide bonds. The Kier molecular flexibility index (Phi) is 7.93. The van der Waals surface area contributed by atoms with Crippen LogP contribution in [0.2, 0.25) is 5.11 Å². The molecule has 0 aromatic heterocycles. The summed E-state index contributed by atoms with van der Waals surface area (Å²) >= 11 is 0. The summed E-state index contributed by atoms with van der Waals surface area (Å²) in [6.45, 7) is 5.72. The zero-order valence-electron chi connectivity index (χ0n) is 19.3. The number of nitrogens with one attached hydrogen (secondary N) is 4. The van der Waals surface area contributed by atoms with E-state index >= 15 is 0 Å². The van der Waals surface area contributed by atoms with Gasteiger partial charge >= 0.3 is 0 Å². The summed E-state index contributed by atoms with van der Waals surface area (Å²) in [6, 6.07) is 0.837. The van der Waals surface area contributed by atoms with E-state index in [-0.39, 0.29) is 12.5 Å². The van der Waals surface area contributed by atoms with Crippen molar-refractivity contribution in [1.29, 1.82) is 0 Å². The molecule has 4 rings (SSSR count). The van der Waals surface area contributed by atoms with Gasteiger partial charge in [0.05, 0.1) is 35.8 Å². The van der Waals surface area contributed by atoms with Gasteiger partial charge in [-0.1, -0.05) is 11.6 Å². The minimum absolute atomic E-state index is 0.0442. The highest BCUT2D eigenvalue weighted by molar-refractivity contribution is 6.59. The lowest BCUT2D eigenvalue weighted by Crippen LogP contribution is -2.68. The molecule has 6 nitrogen and oxygen atoms in total. The first-order valence-electron chi connectivity index (χ1n) is 12.1. The van der Waals surface area contributed by atoms with Crippen LogP contribution in [-0.4, -0.2) is 92.4 Å². The van der Waals surface area contributed by atoms with Gasteiger partial charge in [-0.05, 0) is 71.5 Å². The van der Waals surface area contributed by atoms with Gasteiger partial charge in [0.15, 0.2) is 0 Å². The predicted octanol–water partition coefficient (Wildman–Crippen LogP) is 0.162. The van der Waals surface area contributed by atoms with E-state index in [2.05, 4.69) is 46.2 Å². The lowest BCUT2D eigenvalue weighted by Gasteiger charge is -2.44. The normalized spacial score (nSPS) is 40.2. The first-order chi connectivity index (χ1) is 14.8. The van der Waals surface area contributed by atoms with Crippen molar-refractivity contribution in [1.82, 2.24) is 26.2 Å². The molecule has 0 spiro atoms. The molecule has 4 aliphatic rings. The van der Waals surface area contributed by atoms with Crippen molar-refractivity contribution in [3.05, 3.63) is 11.6 Å². The molecule has 4 N–H and O–H groups in total. The van der Waals surface area contributed by atoms with Gasteiger partial charge in [-0.25, -0.2) is 0 Å². The summed E-state index contributed by atoms with van der Waals surface area (Å²) in [7, 11) is 19.4. The fourth-order valence-corrected chi connectivity index (χ4v) is 5.91. The van der Waals surface area contributed by atoms with Crippen LogP contribution >= 0.6 is 0 Å². The van der Waals surface area contributed by atoms with Gasteiger partial charge in [-0.3, -0.25) is 16.0 Å². The standard InChI is InChI=1S/C22H38B3N5O/c1-14-10-19(26-13-22(23,24)25)29-21(27-14)28-17-11-16-6-9-31-20(16)18(12-17)15-4-3-7-30(2)8-5-15/h5,14,16-21,26-29H,3-4,6-13H2,1-2H3. The summed E-state index contributed by atoms with van der Waals surface area (Å²) in [5, 5.41) is 13.3. The molecule has 7 unspecified atom stereocenters. The molecular formula is C22H38B3N5O. The van der Waals surface area contributed by atoms with Crippen molar-refractivity contribution >= 4 is 23.5 Å². The van der Waals surface area contributed by atoms with Crippen LogP contribution in [0.5, 0.6) is 0 Å². The van der Waals surface area contributed by atoms with E-state index in [0.29, 0.717) is 36.6 Å². The Labute approximate surface area is 192 Å². The molecule has 3 fully saturated rings. The average molecular weight is 421 g/mol.